The lowest BCUT2D eigenvalue weighted by molar-refractivity contribution is -0.126. The fourth-order valence-corrected chi connectivity index (χ4v) is 3.42. The number of carbonyl (C=O) groups excluding carboxylic acids is 1. The van der Waals surface area contributed by atoms with Gasteiger partial charge in [0.2, 0.25) is 5.91 Å². The Morgan fingerprint density at radius 2 is 2.17 bits per heavy atom. The number of nitrogens with one attached hydrogen (secondary N) is 1. The van der Waals surface area contributed by atoms with E-state index in [1.54, 1.807) is 12.1 Å². The van der Waals surface area contributed by atoms with Crippen molar-refractivity contribution in [3.8, 4) is 5.75 Å². The lowest BCUT2D eigenvalue weighted by atomic mass is 9.96. The van der Waals surface area contributed by atoms with Gasteiger partial charge in [-0.15, -0.1) is 11.3 Å². The molecule has 2 heterocycles. The molecule has 5 nitrogen and oxygen atoms in total. The van der Waals surface area contributed by atoms with Crippen molar-refractivity contribution in [1.82, 2.24) is 5.32 Å². The molecule has 23 heavy (non-hydrogen) atoms. The van der Waals surface area contributed by atoms with Crippen molar-refractivity contribution < 1.29 is 19.4 Å². The van der Waals surface area contributed by atoms with Crippen LogP contribution < -0.4 is 10.1 Å². The van der Waals surface area contributed by atoms with E-state index < -0.39 is 5.97 Å². The standard InChI is InChI=1S/C16H14ClNO4S/c17-11-1-3-13-9(6-11)5-10(8-22-13)15(19)18-7-12-2-4-14(23-12)16(20)21/h1-4,6,10H,5,7-8H2,(H,18,19)(H,20,21). The molecule has 1 aromatic carbocycles. The molecule has 1 unspecified atom stereocenters. The maximum absolute atomic E-state index is 12.3. The SMILES string of the molecule is O=C(O)c1ccc(CNC(=O)C2COc3ccc(Cl)cc3C2)s1. The van der Waals surface area contributed by atoms with Gasteiger partial charge in [0.15, 0.2) is 0 Å². The molecule has 1 atom stereocenters. The molecule has 3 rings (SSSR count). The van der Waals surface area contributed by atoms with Crippen molar-refractivity contribution in [2.45, 2.75) is 13.0 Å². The Morgan fingerprint density at radius 1 is 1.35 bits per heavy atom. The lowest BCUT2D eigenvalue weighted by Crippen LogP contribution is -2.36. The summed E-state index contributed by atoms with van der Waals surface area (Å²) < 4.78 is 5.61. The molecule has 1 aromatic heterocycles. The monoisotopic (exact) mass is 351 g/mol. The number of fused-ring (bicyclic) bond motifs is 1. The first-order valence-corrected chi connectivity index (χ1v) is 8.23. The van der Waals surface area contributed by atoms with Crippen LogP contribution in [0.5, 0.6) is 5.75 Å². The average Bonchev–Trinajstić information content (AvgIpc) is 3.01. The molecule has 0 saturated heterocycles. The van der Waals surface area contributed by atoms with E-state index in [4.69, 9.17) is 21.4 Å². The van der Waals surface area contributed by atoms with Crippen LogP contribution in [-0.4, -0.2) is 23.6 Å². The van der Waals surface area contributed by atoms with E-state index in [-0.39, 0.29) is 16.7 Å². The van der Waals surface area contributed by atoms with Crippen LogP contribution in [0.3, 0.4) is 0 Å². The molecule has 2 N–H and O–H groups in total. The van der Waals surface area contributed by atoms with Crippen LogP contribution in [0.1, 0.15) is 20.1 Å². The van der Waals surface area contributed by atoms with Gasteiger partial charge in [-0.3, -0.25) is 4.79 Å². The molecule has 0 spiro atoms. The number of benzene rings is 1. The van der Waals surface area contributed by atoms with E-state index in [0.717, 1.165) is 27.5 Å². The number of hydrogen-bond acceptors (Lipinski definition) is 4. The molecule has 0 aliphatic carbocycles. The first-order chi connectivity index (χ1) is 11.0. The zero-order chi connectivity index (χ0) is 16.4. The third-order valence-electron chi connectivity index (χ3n) is 3.61. The highest BCUT2D eigenvalue weighted by atomic mass is 35.5. The van der Waals surface area contributed by atoms with Crippen molar-refractivity contribution in [1.29, 1.82) is 0 Å². The van der Waals surface area contributed by atoms with Crippen molar-refractivity contribution in [2.24, 2.45) is 5.92 Å². The quantitative estimate of drug-likeness (QED) is 0.888. The normalized spacial score (nSPS) is 16.3. The summed E-state index contributed by atoms with van der Waals surface area (Å²) in [5.74, 6) is -0.578. The Bertz CT molecular complexity index is 758. The number of halogens is 1. The summed E-state index contributed by atoms with van der Waals surface area (Å²) in [6.45, 7) is 0.640. The molecular weight excluding hydrogens is 338 g/mol. The van der Waals surface area contributed by atoms with Crippen LogP contribution in [0.15, 0.2) is 30.3 Å². The number of rotatable bonds is 4. The molecule has 0 fully saturated rings. The second kappa shape index (κ2) is 6.60. The minimum atomic E-state index is -0.957. The maximum atomic E-state index is 12.3. The van der Waals surface area contributed by atoms with Gasteiger partial charge >= 0.3 is 5.97 Å². The predicted octanol–water partition coefficient (Wildman–Crippen LogP) is 2.97. The van der Waals surface area contributed by atoms with Crippen LogP contribution in [0.4, 0.5) is 0 Å². The molecule has 1 aliphatic heterocycles. The molecule has 0 radical (unpaired) electrons. The maximum Gasteiger partial charge on any atom is 0.345 e. The van der Waals surface area contributed by atoms with Gasteiger partial charge in [0.1, 0.15) is 17.2 Å². The fourth-order valence-electron chi connectivity index (χ4n) is 2.44. The van der Waals surface area contributed by atoms with Crippen molar-refractivity contribution in [3.63, 3.8) is 0 Å². The van der Waals surface area contributed by atoms with Crippen molar-refractivity contribution in [2.75, 3.05) is 6.61 Å². The molecular formula is C16H14ClNO4S. The van der Waals surface area contributed by atoms with E-state index >= 15 is 0 Å². The number of thiophene rings is 1. The average molecular weight is 352 g/mol. The van der Waals surface area contributed by atoms with Crippen LogP contribution in [0, 0.1) is 5.92 Å². The molecule has 2 aromatic rings. The van der Waals surface area contributed by atoms with Gasteiger partial charge in [-0.25, -0.2) is 4.79 Å². The van der Waals surface area contributed by atoms with E-state index in [9.17, 15) is 9.59 Å². The number of carboxylic acids is 1. The lowest BCUT2D eigenvalue weighted by Gasteiger charge is -2.24. The van der Waals surface area contributed by atoms with E-state index in [1.165, 1.54) is 6.07 Å². The molecule has 0 bridgehead atoms. The van der Waals surface area contributed by atoms with Gasteiger partial charge < -0.3 is 15.2 Å². The number of carbonyl (C=O) groups is 2. The highest BCUT2D eigenvalue weighted by Gasteiger charge is 2.26. The van der Waals surface area contributed by atoms with Gasteiger partial charge in [0.25, 0.3) is 0 Å². The Labute approximate surface area is 141 Å². The third-order valence-corrected chi connectivity index (χ3v) is 4.92. The van der Waals surface area contributed by atoms with Gasteiger partial charge in [-0.05, 0) is 42.3 Å². The van der Waals surface area contributed by atoms with Gasteiger partial charge in [0, 0.05) is 9.90 Å². The molecule has 0 saturated carbocycles. The van der Waals surface area contributed by atoms with Crippen LogP contribution in [-0.2, 0) is 17.8 Å². The molecule has 120 valence electrons. The largest absolute Gasteiger partial charge is 0.492 e. The van der Waals surface area contributed by atoms with Gasteiger partial charge in [-0.2, -0.15) is 0 Å². The number of hydrogen-bond donors (Lipinski definition) is 2. The Morgan fingerprint density at radius 3 is 2.91 bits per heavy atom. The van der Waals surface area contributed by atoms with E-state index in [0.29, 0.717) is 24.6 Å². The van der Waals surface area contributed by atoms with Crippen molar-refractivity contribution in [3.05, 3.63) is 50.7 Å². The fraction of sp³-hybridized carbons (Fsp3) is 0.250. The smallest absolute Gasteiger partial charge is 0.345 e. The Balaban J connectivity index is 1.59. The minimum absolute atomic E-state index is 0.110. The van der Waals surface area contributed by atoms with Gasteiger partial charge in [0.05, 0.1) is 12.5 Å². The van der Waals surface area contributed by atoms with Crippen LogP contribution >= 0.6 is 22.9 Å². The summed E-state index contributed by atoms with van der Waals surface area (Å²) in [7, 11) is 0. The number of carboxylic acid groups (broad SMARTS) is 1. The summed E-state index contributed by atoms with van der Waals surface area (Å²) in [5.41, 5.74) is 0.924. The summed E-state index contributed by atoms with van der Waals surface area (Å²) >= 11 is 7.13. The molecule has 1 amide bonds. The van der Waals surface area contributed by atoms with E-state index in [1.807, 2.05) is 12.1 Å². The number of amides is 1. The first kappa shape index (κ1) is 15.8. The number of ether oxygens (including phenoxy) is 1. The second-order valence-electron chi connectivity index (χ2n) is 5.25. The summed E-state index contributed by atoms with van der Waals surface area (Å²) in [6, 6.07) is 8.63. The first-order valence-electron chi connectivity index (χ1n) is 7.04. The predicted molar refractivity (Wildman–Crippen MR) is 87.3 cm³/mol. The highest BCUT2D eigenvalue weighted by molar-refractivity contribution is 7.13. The van der Waals surface area contributed by atoms with Crippen LogP contribution in [0.2, 0.25) is 5.02 Å². The van der Waals surface area contributed by atoms with E-state index in [2.05, 4.69) is 5.32 Å². The molecule has 1 aliphatic rings. The Kier molecular flexibility index (Phi) is 4.54. The second-order valence-corrected chi connectivity index (χ2v) is 6.86. The minimum Gasteiger partial charge on any atom is -0.492 e. The number of aromatic carboxylic acids is 1. The zero-order valence-electron chi connectivity index (χ0n) is 12.0. The van der Waals surface area contributed by atoms with Gasteiger partial charge in [-0.1, -0.05) is 11.6 Å². The Hall–Kier alpha value is -2.05. The van der Waals surface area contributed by atoms with Crippen molar-refractivity contribution >= 4 is 34.8 Å². The summed E-state index contributed by atoms with van der Waals surface area (Å²) in [5, 5.41) is 12.3. The topological polar surface area (TPSA) is 75.6 Å². The zero-order valence-corrected chi connectivity index (χ0v) is 13.6. The van der Waals surface area contributed by atoms with Crippen LogP contribution in [0.25, 0.3) is 0 Å². The summed E-state index contributed by atoms with van der Waals surface area (Å²) in [4.78, 5) is 24.2. The molecule has 7 heteroatoms. The summed E-state index contributed by atoms with van der Waals surface area (Å²) in [6.07, 6.45) is 0.576. The third kappa shape index (κ3) is 3.65. The highest BCUT2D eigenvalue weighted by Crippen LogP contribution is 2.29.